The average molecular weight is 465 g/mol. The largest absolute Gasteiger partial charge is 0.493 e. The Balaban J connectivity index is 1.96. The molecule has 2 aromatic carbocycles. The smallest absolute Gasteiger partial charge is 0.248 e. The molecule has 0 aliphatic rings. The zero-order chi connectivity index (χ0) is 18.8. The molecule has 0 unspecified atom stereocenters. The van der Waals surface area contributed by atoms with Crippen molar-refractivity contribution in [3.05, 3.63) is 57.7 Å². The summed E-state index contributed by atoms with van der Waals surface area (Å²) in [6.07, 6.45) is 6.60. The highest BCUT2D eigenvalue weighted by Crippen LogP contribution is 2.28. The molecule has 26 heavy (non-hydrogen) atoms. The van der Waals surface area contributed by atoms with Gasteiger partial charge in [-0.25, -0.2) is 0 Å². The van der Waals surface area contributed by atoms with Crippen molar-refractivity contribution in [1.29, 1.82) is 0 Å². The quantitative estimate of drug-likeness (QED) is 0.302. The van der Waals surface area contributed by atoms with E-state index in [1.165, 1.54) is 6.08 Å². The lowest BCUT2D eigenvalue weighted by Crippen LogP contribution is -2.07. The van der Waals surface area contributed by atoms with Crippen molar-refractivity contribution >= 4 is 40.3 Å². The van der Waals surface area contributed by atoms with E-state index in [4.69, 9.17) is 9.47 Å². The normalized spacial score (nSPS) is 10.7. The van der Waals surface area contributed by atoms with Crippen LogP contribution in [0.1, 0.15) is 31.7 Å². The van der Waals surface area contributed by atoms with Gasteiger partial charge in [-0.1, -0.05) is 25.8 Å². The van der Waals surface area contributed by atoms with Crippen LogP contribution in [-0.2, 0) is 4.79 Å². The van der Waals surface area contributed by atoms with Crippen LogP contribution >= 0.6 is 22.6 Å². The topological polar surface area (TPSA) is 47.6 Å². The minimum Gasteiger partial charge on any atom is -0.493 e. The van der Waals surface area contributed by atoms with Crippen molar-refractivity contribution in [2.75, 3.05) is 19.0 Å². The van der Waals surface area contributed by atoms with Gasteiger partial charge in [0, 0.05) is 15.3 Å². The molecule has 138 valence electrons. The monoisotopic (exact) mass is 465 g/mol. The van der Waals surface area contributed by atoms with Crippen LogP contribution in [0.2, 0.25) is 0 Å². The predicted molar refractivity (Wildman–Crippen MR) is 115 cm³/mol. The fourth-order valence-electron chi connectivity index (χ4n) is 2.33. The molecule has 0 bridgehead atoms. The Bertz CT molecular complexity index is 741. The first kappa shape index (κ1) is 20.3. The fourth-order valence-corrected chi connectivity index (χ4v) is 2.69. The van der Waals surface area contributed by atoms with Gasteiger partial charge in [0.25, 0.3) is 0 Å². The number of nitrogens with one attached hydrogen (secondary N) is 1. The van der Waals surface area contributed by atoms with E-state index in [1.54, 1.807) is 13.2 Å². The summed E-state index contributed by atoms with van der Waals surface area (Å²) in [6, 6.07) is 13.3. The third kappa shape index (κ3) is 6.71. The summed E-state index contributed by atoms with van der Waals surface area (Å²) in [6.45, 7) is 2.84. The first-order chi connectivity index (χ1) is 12.6. The van der Waals surface area contributed by atoms with Crippen LogP contribution in [0.3, 0.4) is 0 Å². The Morgan fingerprint density at radius 2 is 1.88 bits per heavy atom. The number of hydrogen-bond acceptors (Lipinski definition) is 3. The van der Waals surface area contributed by atoms with Gasteiger partial charge in [0.05, 0.1) is 13.7 Å². The molecule has 0 aromatic heterocycles. The summed E-state index contributed by atoms with van der Waals surface area (Å²) in [7, 11) is 1.62. The zero-order valence-electron chi connectivity index (χ0n) is 15.1. The van der Waals surface area contributed by atoms with E-state index < -0.39 is 0 Å². The Hall–Kier alpha value is -2.02. The number of ether oxygens (including phenoxy) is 2. The lowest BCUT2D eigenvalue weighted by atomic mass is 10.2. The molecule has 0 heterocycles. The molecular weight excluding hydrogens is 441 g/mol. The first-order valence-corrected chi connectivity index (χ1v) is 9.75. The number of anilines is 1. The van der Waals surface area contributed by atoms with Gasteiger partial charge in [0.2, 0.25) is 5.91 Å². The minimum atomic E-state index is -0.176. The Kier molecular flexibility index (Phi) is 8.47. The second-order valence-corrected chi connectivity index (χ2v) is 7.04. The highest BCUT2D eigenvalue weighted by atomic mass is 127. The molecule has 4 nitrogen and oxygen atoms in total. The molecule has 0 spiro atoms. The maximum absolute atomic E-state index is 12.0. The molecule has 5 heteroatoms. The SMILES string of the molecule is CCCCCOc1ccc(C=CC(=O)Nc2ccc(I)cc2)cc1OC. The number of rotatable bonds is 9. The molecule has 0 fully saturated rings. The van der Waals surface area contributed by atoms with Gasteiger partial charge in [-0.2, -0.15) is 0 Å². The summed E-state index contributed by atoms with van der Waals surface area (Å²) in [5, 5.41) is 2.83. The van der Waals surface area contributed by atoms with Gasteiger partial charge in [-0.05, 0) is 77.0 Å². The molecule has 2 rings (SSSR count). The number of unbranched alkanes of at least 4 members (excludes halogenated alkanes) is 2. The summed E-state index contributed by atoms with van der Waals surface area (Å²) in [5.41, 5.74) is 1.65. The zero-order valence-corrected chi connectivity index (χ0v) is 17.3. The number of amides is 1. The summed E-state index contributed by atoms with van der Waals surface area (Å²) in [4.78, 5) is 12.0. The number of hydrogen-bond donors (Lipinski definition) is 1. The number of carbonyl (C=O) groups excluding carboxylic acids is 1. The fraction of sp³-hybridized carbons (Fsp3) is 0.286. The maximum atomic E-state index is 12.0. The van der Waals surface area contributed by atoms with Gasteiger partial charge in [0.15, 0.2) is 11.5 Å². The van der Waals surface area contributed by atoms with Crippen molar-refractivity contribution in [2.45, 2.75) is 26.2 Å². The molecule has 0 atom stereocenters. The van der Waals surface area contributed by atoms with Gasteiger partial charge >= 0.3 is 0 Å². The molecule has 0 radical (unpaired) electrons. The summed E-state index contributed by atoms with van der Waals surface area (Å²) >= 11 is 2.23. The van der Waals surface area contributed by atoms with Crippen molar-refractivity contribution in [2.24, 2.45) is 0 Å². The van der Waals surface area contributed by atoms with E-state index in [9.17, 15) is 4.79 Å². The first-order valence-electron chi connectivity index (χ1n) is 8.68. The second kappa shape index (κ2) is 10.9. The van der Waals surface area contributed by atoms with E-state index in [0.717, 1.165) is 39.8 Å². The van der Waals surface area contributed by atoms with Crippen LogP contribution in [0.4, 0.5) is 5.69 Å². The van der Waals surface area contributed by atoms with Crippen LogP contribution in [0, 0.1) is 3.57 Å². The van der Waals surface area contributed by atoms with E-state index in [0.29, 0.717) is 12.4 Å². The van der Waals surface area contributed by atoms with Crippen LogP contribution in [0.25, 0.3) is 6.08 Å². The lowest BCUT2D eigenvalue weighted by Gasteiger charge is -2.11. The van der Waals surface area contributed by atoms with Gasteiger partial charge in [0.1, 0.15) is 0 Å². The van der Waals surface area contributed by atoms with Crippen molar-refractivity contribution in [3.8, 4) is 11.5 Å². The summed E-state index contributed by atoms with van der Waals surface area (Å²) in [5.74, 6) is 1.22. The van der Waals surface area contributed by atoms with E-state index in [2.05, 4.69) is 34.8 Å². The number of halogens is 1. The maximum Gasteiger partial charge on any atom is 0.248 e. The van der Waals surface area contributed by atoms with Crippen LogP contribution in [0.5, 0.6) is 11.5 Å². The van der Waals surface area contributed by atoms with Gasteiger partial charge in [-0.15, -0.1) is 0 Å². The van der Waals surface area contributed by atoms with Crippen molar-refractivity contribution in [3.63, 3.8) is 0 Å². The van der Waals surface area contributed by atoms with Crippen molar-refractivity contribution < 1.29 is 14.3 Å². The van der Waals surface area contributed by atoms with Crippen LogP contribution in [0.15, 0.2) is 48.5 Å². The third-order valence-corrected chi connectivity index (χ3v) is 4.45. The third-order valence-electron chi connectivity index (χ3n) is 3.73. The molecule has 2 aromatic rings. The molecular formula is C21H24INO3. The lowest BCUT2D eigenvalue weighted by molar-refractivity contribution is -0.111. The Labute approximate surface area is 168 Å². The Morgan fingerprint density at radius 3 is 2.58 bits per heavy atom. The minimum absolute atomic E-state index is 0.176. The van der Waals surface area contributed by atoms with Crippen molar-refractivity contribution in [1.82, 2.24) is 0 Å². The Morgan fingerprint density at radius 1 is 1.12 bits per heavy atom. The van der Waals surface area contributed by atoms with Crippen LogP contribution < -0.4 is 14.8 Å². The molecule has 1 N–H and O–H groups in total. The van der Waals surface area contributed by atoms with Gasteiger partial charge in [-0.3, -0.25) is 4.79 Å². The molecule has 0 saturated carbocycles. The number of methoxy groups -OCH3 is 1. The molecule has 0 aliphatic carbocycles. The van der Waals surface area contributed by atoms with Gasteiger partial charge < -0.3 is 14.8 Å². The number of carbonyl (C=O) groups is 1. The highest BCUT2D eigenvalue weighted by molar-refractivity contribution is 14.1. The highest BCUT2D eigenvalue weighted by Gasteiger charge is 2.05. The molecule has 0 aliphatic heterocycles. The molecule has 0 saturated heterocycles. The van der Waals surface area contributed by atoms with E-state index >= 15 is 0 Å². The molecule has 1 amide bonds. The standard InChI is InChI=1S/C21H24INO3/c1-3-4-5-14-26-19-12-6-16(15-20(19)25-2)7-13-21(24)23-18-10-8-17(22)9-11-18/h6-13,15H,3-5,14H2,1-2H3,(H,23,24). The van der Waals surface area contributed by atoms with E-state index in [1.807, 2.05) is 42.5 Å². The average Bonchev–Trinajstić information content (AvgIpc) is 2.66. The number of benzene rings is 2. The van der Waals surface area contributed by atoms with Crippen LogP contribution in [-0.4, -0.2) is 19.6 Å². The second-order valence-electron chi connectivity index (χ2n) is 5.80. The summed E-state index contributed by atoms with van der Waals surface area (Å²) < 4.78 is 12.3. The predicted octanol–water partition coefficient (Wildman–Crippen LogP) is 5.52. The van der Waals surface area contributed by atoms with E-state index in [-0.39, 0.29) is 5.91 Å².